The molecule has 30 heteroatoms. The SMILES string of the molecule is CC(=O)N[C@@H](CC(=O)O)C(=O)N[C@@H](C)C(=O)N1CCC[C@@H]1C(=O)N[C@@H](C)C(=O)N[C@H](C)C(=O)NC(C)(C)C(=O)N[C@@H](C)C(=O)NCC(=O)N1CCC[C@@H]1C(=O)N[C@@H](C)C(=O)N(C)[C@H](C(=O)N1CCC[C@H]1C(=O)N[C@H](C(N)=O)C(C)C)C(C)C. The number of hydrogen-bond donors (Lipinski definition) is 11. The van der Waals surface area contributed by atoms with Crippen LogP contribution in [0.15, 0.2) is 0 Å². The van der Waals surface area contributed by atoms with E-state index in [0.29, 0.717) is 25.7 Å². The number of hydrogen-bond acceptors (Lipinski definition) is 15. The average molecular weight is 1180 g/mol. The van der Waals surface area contributed by atoms with Crippen LogP contribution in [0, 0.1) is 11.8 Å². The average Bonchev–Trinajstić information content (AvgIpc) is 4.44. The Balaban J connectivity index is 1.50. The van der Waals surface area contributed by atoms with Gasteiger partial charge < -0.3 is 78.3 Å². The maximum atomic E-state index is 14.1. The van der Waals surface area contributed by atoms with E-state index in [1.54, 1.807) is 27.7 Å². The van der Waals surface area contributed by atoms with Crippen LogP contribution in [0.5, 0.6) is 0 Å². The van der Waals surface area contributed by atoms with Gasteiger partial charge in [-0.2, -0.15) is 0 Å². The summed E-state index contributed by atoms with van der Waals surface area (Å²) in [5.74, 6) is -11.9. The first-order chi connectivity index (χ1) is 38.5. The number of primary amides is 1. The summed E-state index contributed by atoms with van der Waals surface area (Å²) in [5, 5.41) is 31.4. The van der Waals surface area contributed by atoms with Gasteiger partial charge in [-0.15, -0.1) is 0 Å². The molecule has 0 spiro atoms. The van der Waals surface area contributed by atoms with E-state index in [2.05, 4.69) is 47.9 Å². The molecular formula is C53H86N14O16. The third-order valence-corrected chi connectivity index (χ3v) is 14.7. The molecule has 3 aliphatic rings. The molecule has 0 radical (unpaired) electrons. The number of carboxylic acid groups (broad SMARTS) is 1. The van der Waals surface area contributed by atoms with Crippen molar-refractivity contribution in [2.45, 2.75) is 200 Å². The van der Waals surface area contributed by atoms with Gasteiger partial charge in [0.15, 0.2) is 0 Å². The molecule has 0 aromatic rings. The maximum Gasteiger partial charge on any atom is 0.305 e. The Morgan fingerprint density at radius 1 is 0.554 bits per heavy atom. The molecule has 0 unspecified atom stereocenters. The fraction of sp³-hybridized carbons (Fsp3) is 0.717. The van der Waals surface area contributed by atoms with Crippen molar-refractivity contribution in [3.05, 3.63) is 0 Å². The lowest BCUT2D eigenvalue weighted by molar-refractivity contribution is -0.150. The van der Waals surface area contributed by atoms with Crippen LogP contribution in [0.2, 0.25) is 0 Å². The Morgan fingerprint density at radius 2 is 1.01 bits per heavy atom. The number of likely N-dealkylation sites (N-methyl/N-ethyl adjacent to an activating group) is 1. The first-order valence-electron chi connectivity index (χ1n) is 27.9. The first-order valence-corrected chi connectivity index (χ1v) is 27.9. The lowest BCUT2D eigenvalue weighted by atomic mass is 9.99. The predicted octanol–water partition coefficient (Wildman–Crippen LogP) is -4.42. The van der Waals surface area contributed by atoms with Gasteiger partial charge in [-0.25, -0.2) is 0 Å². The number of nitrogens with zero attached hydrogens (tertiary/aromatic N) is 4. The predicted molar refractivity (Wildman–Crippen MR) is 295 cm³/mol. The third kappa shape index (κ3) is 19.1. The molecule has 464 valence electrons. The monoisotopic (exact) mass is 1170 g/mol. The Kier molecular flexibility index (Phi) is 25.4. The summed E-state index contributed by atoms with van der Waals surface area (Å²) in [6.07, 6.45) is 1.38. The summed E-state index contributed by atoms with van der Waals surface area (Å²) in [6.45, 7) is 17.4. The Bertz CT molecular complexity index is 2490. The van der Waals surface area contributed by atoms with E-state index in [1.807, 2.05) is 0 Å². The highest BCUT2D eigenvalue weighted by Gasteiger charge is 2.44. The van der Waals surface area contributed by atoms with E-state index in [0.717, 1.165) is 6.92 Å². The number of aliphatic carboxylic acids is 1. The van der Waals surface area contributed by atoms with E-state index < -0.39 is 180 Å². The van der Waals surface area contributed by atoms with Crippen molar-refractivity contribution in [3.8, 4) is 0 Å². The highest BCUT2D eigenvalue weighted by atomic mass is 16.4. The van der Waals surface area contributed by atoms with Gasteiger partial charge in [0.05, 0.1) is 13.0 Å². The van der Waals surface area contributed by atoms with Crippen LogP contribution < -0.4 is 53.6 Å². The van der Waals surface area contributed by atoms with Gasteiger partial charge in [0, 0.05) is 33.6 Å². The van der Waals surface area contributed by atoms with Gasteiger partial charge in [-0.3, -0.25) is 71.9 Å². The van der Waals surface area contributed by atoms with Crippen molar-refractivity contribution in [2.24, 2.45) is 17.6 Å². The summed E-state index contributed by atoms with van der Waals surface area (Å²) in [4.78, 5) is 201. The summed E-state index contributed by atoms with van der Waals surface area (Å²) < 4.78 is 0. The molecule has 0 aliphatic carbocycles. The molecule has 12 N–H and O–H groups in total. The number of nitrogens with two attached hydrogens (primary N) is 1. The molecule has 3 rings (SSSR count). The molecule has 30 nitrogen and oxygen atoms in total. The van der Waals surface area contributed by atoms with E-state index in [-0.39, 0.29) is 38.4 Å². The molecule has 0 bridgehead atoms. The Labute approximate surface area is 482 Å². The van der Waals surface area contributed by atoms with Crippen LogP contribution in [0.3, 0.4) is 0 Å². The number of amides is 14. The normalized spacial score (nSPS) is 19.7. The van der Waals surface area contributed by atoms with Crippen LogP contribution in [0.1, 0.15) is 128 Å². The number of carboxylic acids is 1. The maximum absolute atomic E-state index is 14.1. The summed E-state index contributed by atoms with van der Waals surface area (Å²) in [5.41, 5.74) is 3.82. The quantitative estimate of drug-likeness (QED) is 0.0370. The largest absolute Gasteiger partial charge is 0.481 e. The Morgan fingerprint density at radius 3 is 1.51 bits per heavy atom. The molecule has 3 aliphatic heterocycles. The zero-order valence-corrected chi connectivity index (χ0v) is 49.7. The van der Waals surface area contributed by atoms with Crippen LogP contribution in [0.25, 0.3) is 0 Å². The van der Waals surface area contributed by atoms with E-state index in [9.17, 15) is 71.9 Å². The number of likely N-dealkylation sites (tertiary alicyclic amines) is 3. The van der Waals surface area contributed by atoms with Crippen molar-refractivity contribution >= 4 is 88.7 Å². The lowest BCUT2D eigenvalue weighted by Gasteiger charge is -2.36. The van der Waals surface area contributed by atoms with Crippen LogP contribution in [-0.2, 0) is 71.9 Å². The lowest BCUT2D eigenvalue weighted by Crippen LogP contribution is -2.62. The minimum Gasteiger partial charge on any atom is -0.481 e. The van der Waals surface area contributed by atoms with Gasteiger partial charge in [0.2, 0.25) is 82.7 Å². The molecule has 83 heavy (non-hydrogen) atoms. The zero-order chi connectivity index (χ0) is 63.1. The molecule has 3 saturated heterocycles. The summed E-state index contributed by atoms with van der Waals surface area (Å²) in [7, 11) is 1.42. The van der Waals surface area contributed by atoms with Crippen LogP contribution >= 0.6 is 0 Å². The summed E-state index contributed by atoms with van der Waals surface area (Å²) in [6, 6.07) is -12.5. The van der Waals surface area contributed by atoms with Gasteiger partial charge in [-0.1, -0.05) is 27.7 Å². The second-order valence-electron chi connectivity index (χ2n) is 22.7. The molecular weight excluding hydrogens is 1090 g/mol. The third-order valence-electron chi connectivity index (χ3n) is 14.7. The number of nitrogens with one attached hydrogen (secondary N) is 9. The van der Waals surface area contributed by atoms with Crippen molar-refractivity contribution in [3.63, 3.8) is 0 Å². The molecule has 3 fully saturated rings. The van der Waals surface area contributed by atoms with Crippen molar-refractivity contribution in [1.29, 1.82) is 0 Å². The smallest absolute Gasteiger partial charge is 0.305 e. The fourth-order valence-corrected chi connectivity index (χ4v) is 10.0. The van der Waals surface area contributed by atoms with Crippen LogP contribution in [0.4, 0.5) is 0 Å². The van der Waals surface area contributed by atoms with Gasteiger partial charge in [-0.05, 0) is 98.8 Å². The molecule has 0 aromatic carbocycles. The minimum absolute atomic E-state index is 0.127. The van der Waals surface area contributed by atoms with Gasteiger partial charge in [0.1, 0.15) is 72.0 Å². The van der Waals surface area contributed by atoms with Crippen molar-refractivity contribution < 1.29 is 77.0 Å². The van der Waals surface area contributed by atoms with E-state index in [4.69, 9.17) is 10.8 Å². The van der Waals surface area contributed by atoms with Crippen LogP contribution in [-0.4, -0.2) is 219 Å². The minimum atomic E-state index is -1.67. The molecule has 3 heterocycles. The Hall–Kier alpha value is -7.95. The van der Waals surface area contributed by atoms with Crippen molar-refractivity contribution in [2.75, 3.05) is 33.2 Å². The molecule has 11 atom stereocenters. The fourth-order valence-electron chi connectivity index (χ4n) is 10.0. The van der Waals surface area contributed by atoms with Gasteiger partial charge in [0.25, 0.3) is 0 Å². The molecule has 0 aromatic heterocycles. The van der Waals surface area contributed by atoms with E-state index >= 15 is 0 Å². The van der Waals surface area contributed by atoms with Gasteiger partial charge >= 0.3 is 5.97 Å². The second-order valence-corrected chi connectivity index (χ2v) is 22.7. The molecule has 14 amide bonds. The highest BCUT2D eigenvalue weighted by Crippen LogP contribution is 2.25. The molecule has 0 saturated carbocycles. The standard InChI is InChI=1S/C53H86N14O16/c1-25(2)39(41(54)72)62-48(79)36-19-16-22-67(36)51(82)40(26(3)4)64(13)49(80)30(8)59-46(77)34-17-14-20-65(34)37(69)24-55-42(73)27(5)60-52(83)53(11,12)63-44(75)29(7)56-43(74)28(6)57-47(78)35-18-15-21-66(35)50(81)31(9)58-45(76)33(23-38(70)71)61-32(10)68/h25-31,33-36,39-40H,14-24H2,1-13H3,(H2,54,72)(H,55,73)(H,56,74)(H,57,78)(H,58,76)(H,59,77)(H,60,83)(H,61,68)(H,62,79)(H,63,75)(H,70,71)/t27-,28-,29+,30-,31-,33-,34+,35+,36-,39-,40-/m0/s1. The zero-order valence-electron chi connectivity index (χ0n) is 49.7. The number of carbonyl (C=O) groups excluding carboxylic acids is 14. The van der Waals surface area contributed by atoms with Crippen molar-refractivity contribution in [1.82, 2.24) is 67.5 Å². The second kappa shape index (κ2) is 30.4. The first kappa shape index (κ1) is 69.3. The number of rotatable bonds is 27. The number of carbonyl (C=O) groups is 15. The summed E-state index contributed by atoms with van der Waals surface area (Å²) >= 11 is 0. The highest BCUT2D eigenvalue weighted by molar-refractivity contribution is 6.00. The topological polar surface area (TPSA) is 424 Å². The van der Waals surface area contributed by atoms with E-state index in [1.165, 1.54) is 75.1 Å².